The van der Waals surface area contributed by atoms with Crippen molar-refractivity contribution in [3.05, 3.63) is 0 Å². The van der Waals surface area contributed by atoms with Crippen molar-refractivity contribution in [2.24, 2.45) is 0 Å². The van der Waals surface area contributed by atoms with Crippen molar-refractivity contribution in [2.45, 2.75) is 45.1 Å². The second-order valence-corrected chi connectivity index (χ2v) is 10.3. The SMILES string of the molecule is CCCCC[N+](C)(C)CCOC(=O)CCNCCC[Si](OC)(OC)OC. The highest BCUT2D eigenvalue weighted by Gasteiger charge is 2.36. The van der Waals surface area contributed by atoms with E-state index in [0.29, 0.717) is 19.6 Å². The van der Waals surface area contributed by atoms with Crippen molar-refractivity contribution < 1.29 is 27.3 Å². The maximum Gasteiger partial charge on any atom is 0.500 e. The van der Waals surface area contributed by atoms with Crippen molar-refractivity contribution in [3.63, 3.8) is 0 Å². The molecule has 1 N–H and O–H groups in total. The zero-order chi connectivity index (χ0) is 19.9. The van der Waals surface area contributed by atoms with E-state index < -0.39 is 8.80 Å². The Morgan fingerprint density at radius 2 is 1.62 bits per heavy atom. The number of unbranched alkanes of at least 4 members (excludes halogenated alkanes) is 2. The molecular weight excluding hydrogens is 352 g/mol. The maximum atomic E-state index is 11.8. The molecule has 0 aromatic rings. The number of quaternary nitrogens is 1. The Balaban J connectivity index is 3.72. The zero-order valence-corrected chi connectivity index (χ0v) is 18.8. The van der Waals surface area contributed by atoms with Gasteiger partial charge in [-0.2, -0.15) is 0 Å². The molecule has 0 aromatic heterocycles. The molecule has 0 saturated carbocycles. The molecule has 0 aliphatic heterocycles. The van der Waals surface area contributed by atoms with E-state index in [1.807, 2.05) is 0 Å². The van der Waals surface area contributed by atoms with E-state index in [4.69, 9.17) is 18.0 Å². The minimum atomic E-state index is -2.48. The number of nitrogens with zero attached hydrogens (tertiary/aromatic N) is 1. The Hall–Kier alpha value is -0.513. The average Bonchev–Trinajstić information content (AvgIpc) is 2.62. The number of rotatable bonds is 17. The van der Waals surface area contributed by atoms with E-state index in [0.717, 1.165) is 36.6 Å². The van der Waals surface area contributed by atoms with E-state index in [1.54, 1.807) is 21.3 Å². The van der Waals surface area contributed by atoms with Gasteiger partial charge in [0.25, 0.3) is 0 Å². The summed E-state index contributed by atoms with van der Waals surface area (Å²) in [5, 5.41) is 3.25. The van der Waals surface area contributed by atoms with Crippen molar-refractivity contribution in [2.75, 3.05) is 68.2 Å². The van der Waals surface area contributed by atoms with E-state index in [1.165, 1.54) is 19.3 Å². The molecule has 7 nitrogen and oxygen atoms in total. The largest absolute Gasteiger partial charge is 0.500 e. The summed E-state index contributed by atoms with van der Waals surface area (Å²) in [5.41, 5.74) is 0. The van der Waals surface area contributed by atoms with Crippen LogP contribution >= 0.6 is 0 Å². The standard InChI is InChI=1S/C18H41N2O5Si/c1-7-8-9-14-20(2,3)15-16-25-18(21)11-13-19-12-10-17-26(22-4,23-5)24-6/h19H,7-17H2,1-6H3/q+1. The fourth-order valence-electron chi connectivity index (χ4n) is 2.68. The van der Waals surface area contributed by atoms with Crippen molar-refractivity contribution in [3.8, 4) is 0 Å². The second-order valence-electron chi connectivity index (χ2n) is 7.21. The van der Waals surface area contributed by atoms with Crippen molar-refractivity contribution in [1.82, 2.24) is 5.32 Å². The van der Waals surface area contributed by atoms with Gasteiger partial charge in [-0.05, 0) is 25.8 Å². The van der Waals surface area contributed by atoms with Crippen LogP contribution in [0.25, 0.3) is 0 Å². The van der Waals surface area contributed by atoms with Crippen LogP contribution in [0, 0.1) is 0 Å². The third kappa shape index (κ3) is 12.0. The summed E-state index contributed by atoms with van der Waals surface area (Å²) in [4.78, 5) is 11.8. The number of esters is 1. The first-order valence-corrected chi connectivity index (χ1v) is 11.6. The van der Waals surface area contributed by atoms with Crippen molar-refractivity contribution >= 4 is 14.8 Å². The Kier molecular flexibility index (Phi) is 14.2. The molecule has 26 heavy (non-hydrogen) atoms. The number of ether oxygens (including phenoxy) is 1. The first kappa shape index (κ1) is 25.5. The van der Waals surface area contributed by atoms with Crippen LogP contribution in [0.3, 0.4) is 0 Å². The van der Waals surface area contributed by atoms with Gasteiger partial charge in [-0.25, -0.2) is 0 Å². The summed E-state index contributed by atoms with van der Waals surface area (Å²) in [6.07, 6.45) is 4.98. The van der Waals surface area contributed by atoms with Crippen LogP contribution in [0.5, 0.6) is 0 Å². The van der Waals surface area contributed by atoms with Gasteiger partial charge in [-0.3, -0.25) is 4.79 Å². The van der Waals surface area contributed by atoms with Gasteiger partial charge in [-0.1, -0.05) is 13.3 Å². The molecule has 8 heteroatoms. The zero-order valence-electron chi connectivity index (χ0n) is 17.8. The van der Waals surface area contributed by atoms with Gasteiger partial charge >= 0.3 is 14.8 Å². The molecule has 156 valence electrons. The summed E-state index contributed by atoms with van der Waals surface area (Å²) >= 11 is 0. The van der Waals surface area contributed by atoms with Crippen LogP contribution in [-0.4, -0.2) is 87.5 Å². The summed E-state index contributed by atoms with van der Waals surface area (Å²) in [6, 6.07) is 0.749. The first-order valence-electron chi connectivity index (χ1n) is 9.68. The number of carbonyl (C=O) groups is 1. The Morgan fingerprint density at radius 1 is 0.962 bits per heavy atom. The third-order valence-corrected chi connectivity index (χ3v) is 7.43. The van der Waals surface area contributed by atoms with Gasteiger partial charge in [0.1, 0.15) is 13.2 Å². The van der Waals surface area contributed by atoms with E-state index in [2.05, 4.69) is 26.3 Å². The van der Waals surface area contributed by atoms with Gasteiger partial charge in [-0.15, -0.1) is 0 Å². The monoisotopic (exact) mass is 393 g/mol. The molecule has 0 spiro atoms. The average molecular weight is 394 g/mol. The molecular formula is C18H41N2O5Si+. The molecule has 0 aliphatic rings. The molecule has 0 rings (SSSR count). The number of hydrogen-bond acceptors (Lipinski definition) is 6. The quantitative estimate of drug-likeness (QED) is 0.177. The third-order valence-electron chi connectivity index (χ3n) is 4.60. The summed E-state index contributed by atoms with van der Waals surface area (Å²) in [7, 11) is 6.75. The normalized spacial score (nSPS) is 12.4. The number of hydrogen-bond donors (Lipinski definition) is 1. The summed E-state index contributed by atoms with van der Waals surface area (Å²) < 4.78 is 22.4. The minimum Gasteiger partial charge on any atom is -0.460 e. The molecule has 0 bridgehead atoms. The smallest absolute Gasteiger partial charge is 0.460 e. The molecule has 0 heterocycles. The fourth-order valence-corrected chi connectivity index (χ4v) is 4.40. The molecule has 0 saturated heterocycles. The Labute approximate surface area is 161 Å². The lowest BCUT2D eigenvalue weighted by Gasteiger charge is -2.29. The van der Waals surface area contributed by atoms with Crippen LogP contribution in [0.2, 0.25) is 6.04 Å². The molecule has 0 fully saturated rings. The molecule has 0 aromatic carbocycles. The molecule has 0 radical (unpaired) electrons. The minimum absolute atomic E-state index is 0.138. The Bertz CT molecular complexity index is 357. The number of nitrogens with one attached hydrogen (secondary N) is 1. The lowest BCUT2D eigenvalue weighted by molar-refractivity contribution is -0.890. The predicted molar refractivity (Wildman–Crippen MR) is 106 cm³/mol. The van der Waals surface area contributed by atoms with Gasteiger partial charge in [0.15, 0.2) is 0 Å². The molecule has 0 unspecified atom stereocenters. The summed E-state index contributed by atoms with van der Waals surface area (Å²) in [6.45, 7) is 6.10. The highest BCUT2D eigenvalue weighted by atomic mass is 28.4. The van der Waals surface area contributed by atoms with E-state index in [-0.39, 0.29) is 5.97 Å². The molecule has 0 atom stereocenters. The molecule has 0 amide bonds. The first-order chi connectivity index (χ1) is 12.3. The fraction of sp³-hybridized carbons (Fsp3) is 0.944. The highest BCUT2D eigenvalue weighted by molar-refractivity contribution is 6.60. The maximum absolute atomic E-state index is 11.8. The van der Waals surface area contributed by atoms with Crippen LogP contribution in [0.4, 0.5) is 0 Å². The van der Waals surface area contributed by atoms with Crippen LogP contribution in [0.15, 0.2) is 0 Å². The van der Waals surface area contributed by atoms with Crippen LogP contribution < -0.4 is 5.32 Å². The van der Waals surface area contributed by atoms with Crippen LogP contribution in [-0.2, 0) is 22.8 Å². The predicted octanol–water partition coefficient (Wildman–Crippen LogP) is 2.04. The van der Waals surface area contributed by atoms with Gasteiger partial charge < -0.3 is 27.8 Å². The molecule has 0 aliphatic carbocycles. The van der Waals surface area contributed by atoms with E-state index in [9.17, 15) is 4.79 Å². The van der Waals surface area contributed by atoms with Crippen LogP contribution in [0.1, 0.15) is 39.0 Å². The summed E-state index contributed by atoms with van der Waals surface area (Å²) in [5.74, 6) is -0.138. The highest BCUT2D eigenvalue weighted by Crippen LogP contribution is 2.14. The topological polar surface area (TPSA) is 66.0 Å². The number of carbonyl (C=O) groups excluding carboxylic acids is 1. The van der Waals surface area contributed by atoms with Gasteiger partial charge in [0.2, 0.25) is 0 Å². The van der Waals surface area contributed by atoms with Gasteiger partial charge in [0, 0.05) is 33.9 Å². The lowest BCUT2D eigenvalue weighted by Crippen LogP contribution is -2.43. The number of likely N-dealkylation sites (N-methyl/N-ethyl adjacent to an activating group) is 1. The van der Waals surface area contributed by atoms with Crippen molar-refractivity contribution in [1.29, 1.82) is 0 Å². The lowest BCUT2D eigenvalue weighted by atomic mass is 10.2. The second kappa shape index (κ2) is 14.5. The van der Waals surface area contributed by atoms with Gasteiger partial charge in [0.05, 0.1) is 27.1 Å². The van der Waals surface area contributed by atoms with E-state index >= 15 is 0 Å². The Morgan fingerprint density at radius 3 is 2.19 bits per heavy atom.